The number of hydrogen-bond donors (Lipinski definition) is 1. The molecule has 0 bridgehead atoms. The van der Waals surface area contributed by atoms with E-state index in [1.165, 1.54) is 35.4 Å². The van der Waals surface area contributed by atoms with E-state index in [9.17, 15) is 4.79 Å². The van der Waals surface area contributed by atoms with Gasteiger partial charge in [0.25, 0.3) is 0 Å². The molecular weight excluding hydrogens is 292 g/mol. The van der Waals surface area contributed by atoms with Gasteiger partial charge in [0.1, 0.15) is 0 Å². The maximum absolute atomic E-state index is 11.8. The van der Waals surface area contributed by atoms with Crippen LogP contribution < -0.4 is 5.32 Å². The van der Waals surface area contributed by atoms with Crippen molar-refractivity contribution in [2.45, 2.75) is 51.4 Å². The molecule has 1 fully saturated rings. The Bertz CT molecular complexity index is 583. The number of para-hydroxylation sites is 1. The number of hydrogen-bond acceptors (Lipinski definition) is 3. The lowest BCUT2D eigenvalue weighted by Gasteiger charge is -2.08. The average Bonchev–Trinajstić information content (AvgIpc) is 3.18. The van der Waals surface area contributed by atoms with Gasteiger partial charge in [-0.1, -0.05) is 37.8 Å². The van der Waals surface area contributed by atoms with Gasteiger partial charge in [-0.3, -0.25) is 4.79 Å². The van der Waals surface area contributed by atoms with Gasteiger partial charge in [0.15, 0.2) is 0 Å². The summed E-state index contributed by atoms with van der Waals surface area (Å²) in [6, 6.07) is 8.24. The summed E-state index contributed by atoms with van der Waals surface area (Å²) in [6.45, 7) is 0.763. The summed E-state index contributed by atoms with van der Waals surface area (Å²) < 4.78 is 1.25. The van der Waals surface area contributed by atoms with Crippen LogP contribution in [0.25, 0.3) is 10.2 Å². The van der Waals surface area contributed by atoms with E-state index in [2.05, 4.69) is 28.5 Å². The number of fused-ring (bicyclic) bond motifs is 1. The Labute approximate surface area is 136 Å². The molecule has 1 saturated carbocycles. The Morgan fingerprint density at radius 2 is 2.09 bits per heavy atom. The molecule has 1 heterocycles. The van der Waals surface area contributed by atoms with Crippen molar-refractivity contribution < 1.29 is 4.79 Å². The fourth-order valence-electron chi connectivity index (χ4n) is 3.22. The molecule has 0 aliphatic heterocycles. The third kappa shape index (κ3) is 4.29. The molecule has 3 nitrogen and oxygen atoms in total. The maximum Gasteiger partial charge on any atom is 0.220 e. The Morgan fingerprint density at radius 3 is 2.91 bits per heavy atom. The van der Waals surface area contributed by atoms with Crippen LogP contribution in [0.4, 0.5) is 0 Å². The Kier molecular flexibility index (Phi) is 5.43. The van der Waals surface area contributed by atoms with Gasteiger partial charge < -0.3 is 5.32 Å². The summed E-state index contributed by atoms with van der Waals surface area (Å²) in [4.78, 5) is 16.5. The molecular formula is C18H24N2OS. The number of thiazole rings is 1. The van der Waals surface area contributed by atoms with Crippen molar-refractivity contribution in [2.75, 3.05) is 6.54 Å². The van der Waals surface area contributed by atoms with Gasteiger partial charge in [0.05, 0.1) is 15.2 Å². The van der Waals surface area contributed by atoms with Crippen LogP contribution in [0, 0.1) is 5.92 Å². The van der Waals surface area contributed by atoms with E-state index in [4.69, 9.17) is 0 Å². The van der Waals surface area contributed by atoms with Crippen LogP contribution in [0.1, 0.15) is 50.0 Å². The lowest BCUT2D eigenvalue weighted by atomic mass is 10.0. The number of carbonyl (C=O) groups excluding carboxylic acids is 1. The number of carbonyl (C=O) groups is 1. The van der Waals surface area contributed by atoms with E-state index >= 15 is 0 Å². The van der Waals surface area contributed by atoms with E-state index in [0.29, 0.717) is 6.42 Å². The molecule has 22 heavy (non-hydrogen) atoms. The molecule has 1 aromatic heterocycles. The first-order chi connectivity index (χ1) is 10.8. The number of benzene rings is 1. The molecule has 0 atom stereocenters. The predicted molar refractivity (Wildman–Crippen MR) is 92.1 cm³/mol. The second-order valence-corrected chi connectivity index (χ2v) is 7.33. The Hall–Kier alpha value is -1.42. The Balaban J connectivity index is 1.33. The first-order valence-corrected chi connectivity index (χ1v) is 9.24. The smallest absolute Gasteiger partial charge is 0.220 e. The SMILES string of the molecule is O=C(CCC1CCCC1)NCCCc1nc2ccccc2s1. The third-order valence-electron chi connectivity index (χ3n) is 4.48. The molecule has 1 N–H and O–H groups in total. The molecule has 1 aliphatic carbocycles. The zero-order valence-electron chi connectivity index (χ0n) is 13.0. The van der Waals surface area contributed by atoms with Crippen LogP contribution in [-0.4, -0.2) is 17.4 Å². The maximum atomic E-state index is 11.8. The first-order valence-electron chi connectivity index (χ1n) is 8.42. The van der Waals surface area contributed by atoms with Crippen molar-refractivity contribution in [3.63, 3.8) is 0 Å². The second kappa shape index (κ2) is 7.73. The fraction of sp³-hybridized carbons (Fsp3) is 0.556. The average molecular weight is 316 g/mol. The molecule has 118 valence electrons. The molecule has 3 rings (SSSR count). The highest BCUT2D eigenvalue weighted by atomic mass is 32.1. The highest BCUT2D eigenvalue weighted by molar-refractivity contribution is 7.18. The topological polar surface area (TPSA) is 42.0 Å². The molecule has 0 spiro atoms. The number of rotatable bonds is 7. The van der Waals surface area contributed by atoms with Crippen LogP contribution in [0.15, 0.2) is 24.3 Å². The van der Waals surface area contributed by atoms with Crippen LogP contribution in [0.2, 0.25) is 0 Å². The summed E-state index contributed by atoms with van der Waals surface area (Å²) in [5.41, 5.74) is 1.09. The van der Waals surface area contributed by atoms with Gasteiger partial charge in [0, 0.05) is 19.4 Å². The van der Waals surface area contributed by atoms with Crippen LogP contribution in [-0.2, 0) is 11.2 Å². The summed E-state index contributed by atoms with van der Waals surface area (Å²) in [5, 5.41) is 4.22. The highest BCUT2D eigenvalue weighted by Crippen LogP contribution is 2.28. The number of amides is 1. The minimum atomic E-state index is 0.219. The summed E-state index contributed by atoms with van der Waals surface area (Å²) in [5.74, 6) is 1.02. The fourth-order valence-corrected chi connectivity index (χ4v) is 4.23. The molecule has 1 amide bonds. The molecule has 0 radical (unpaired) electrons. The van der Waals surface area contributed by atoms with Gasteiger partial charge >= 0.3 is 0 Å². The van der Waals surface area contributed by atoms with Crippen molar-refractivity contribution in [3.05, 3.63) is 29.3 Å². The molecule has 1 aromatic carbocycles. The number of aromatic nitrogens is 1. The number of nitrogens with zero attached hydrogens (tertiary/aromatic N) is 1. The lowest BCUT2D eigenvalue weighted by Crippen LogP contribution is -2.24. The predicted octanol–water partition coefficient (Wildman–Crippen LogP) is 4.32. The normalized spacial score (nSPS) is 15.5. The molecule has 0 saturated heterocycles. The van der Waals surface area contributed by atoms with Crippen molar-refractivity contribution in [2.24, 2.45) is 5.92 Å². The van der Waals surface area contributed by atoms with Gasteiger partial charge in [-0.15, -0.1) is 11.3 Å². The lowest BCUT2D eigenvalue weighted by molar-refractivity contribution is -0.121. The molecule has 0 unspecified atom stereocenters. The van der Waals surface area contributed by atoms with Crippen molar-refractivity contribution >= 4 is 27.5 Å². The molecule has 4 heteroatoms. The molecule has 1 aliphatic rings. The minimum absolute atomic E-state index is 0.219. The minimum Gasteiger partial charge on any atom is -0.356 e. The summed E-state index contributed by atoms with van der Waals surface area (Å²) in [6.07, 6.45) is 9.05. The first kappa shape index (κ1) is 15.5. The van der Waals surface area contributed by atoms with Crippen LogP contribution >= 0.6 is 11.3 Å². The molecule has 2 aromatic rings. The second-order valence-electron chi connectivity index (χ2n) is 6.22. The van der Waals surface area contributed by atoms with Gasteiger partial charge in [-0.25, -0.2) is 4.98 Å². The zero-order chi connectivity index (χ0) is 15.2. The van der Waals surface area contributed by atoms with Crippen molar-refractivity contribution in [1.82, 2.24) is 10.3 Å². The van der Waals surface area contributed by atoms with Crippen molar-refractivity contribution in [1.29, 1.82) is 0 Å². The van der Waals surface area contributed by atoms with Crippen molar-refractivity contribution in [3.8, 4) is 0 Å². The van der Waals surface area contributed by atoms with E-state index in [1.54, 1.807) is 11.3 Å². The van der Waals surface area contributed by atoms with E-state index in [0.717, 1.165) is 37.2 Å². The highest BCUT2D eigenvalue weighted by Gasteiger charge is 2.15. The largest absolute Gasteiger partial charge is 0.356 e. The van der Waals surface area contributed by atoms with E-state index < -0.39 is 0 Å². The van der Waals surface area contributed by atoms with Gasteiger partial charge in [0.2, 0.25) is 5.91 Å². The number of aryl methyl sites for hydroxylation is 1. The third-order valence-corrected chi connectivity index (χ3v) is 5.58. The standard InChI is InChI=1S/C18H24N2OS/c21-17(12-11-14-6-1-2-7-14)19-13-5-10-18-20-15-8-3-4-9-16(15)22-18/h3-4,8-9,14H,1-2,5-7,10-13H2,(H,19,21). The Morgan fingerprint density at radius 1 is 1.27 bits per heavy atom. The van der Waals surface area contributed by atoms with E-state index in [-0.39, 0.29) is 5.91 Å². The van der Waals surface area contributed by atoms with E-state index in [1.807, 2.05) is 6.07 Å². The zero-order valence-corrected chi connectivity index (χ0v) is 13.8. The van der Waals surface area contributed by atoms with Gasteiger partial charge in [-0.05, 0) is 30.9 Å². The quantitative estimate of drug-likeness (QED) is 0.773. The van der Waals surface area contributed by atoms with Crippen LogP contribution in [0.5, 0.6) is 0 Å². The number of nitrogens with one attached hydrogen (secondary N) is 1. The summed E-state index contributed by atoms with van der Waals surface area (Å²) >= 11 is 1.76. The summed E-state index contributed by atoms with van der Waals surface area (Å²) in [7, 11) is 0. The van der Waals surface area contributed by atoms with Gasteiger partial charge in [-0.2, -0.15) is 0 Å². The monoisotopic (exact) mass is 316 g/mol. The van der Waals surface area contributed by atoms with Crippen LogP contribution in [0.3, 0.4) is 0 Å².